The monoisotopic (exact) mass is 575 g/mol. The van der Waals surface area contributed by atoms with Crippen LogP contribution in [0.2, 0.25) is 0 Å². The van der Waals surface area contributed by atoms with E-state index in [1.807, 2.05) is 24.0 Å². The minimum absolute atomic E-state index is 0.0274. The number of ketones is 1. The van der Waals surface area contributed by atoms with Crippen molar-refractivity contribution in [3.8, 4) is 29.9 Å². The van der Waals surface area contributed by atoms with Crippen LogP contribution < -0.4 is 15.2 Å². The minimum Gasteiger partial charge on any atom is -0.490 e. The molecule has 2 aliphatic rings. The van der Waals surface area contributed by atoms with E-state index in [2.05, 4.69) is 48.4 Å². The molecule has 0 unspecified atom stereocenters. The predicted molar refractivity (Wildman–Crippen MR) is 138 cm³/mol. The number of allylic oxidation sites excluding steroid dienone is 3. The van der Waals surface area contributed by atoms with Crippen LogP contribution in [-0.2, 0) is 9.53 Å². The van der Waals surface area contributed by atoms with Gasteiger partial charge in [0, 0.05) is 31.3 Å². The molecule has 0 amide bonds. The number of terminal acetylenes is 1. The lowest BCUT2D eigenvalue weighted by Gasteiger charge is -2.43. The molecule has 0 aromatic heterocycles. The van der Waals surface area contributed by atoms with E-state index in [9.17, 15) is 10.1 Å². The molecule has 2 N–H and O–H groups in total. The zero-order valence-corrected chi connectivity index (χ0v) is 22.2. The van der Waals surface area contributed by atoms with Crippen molar-refractivity contribution in [1.82, 2.24) is 4.90 Å². The van der Waals surface area contributed by atoms with Gasteiger partial charge in [0.2, 0.25) is 0 Å². The van der Waals surface area contributed by atoms with Gasteiger partial charge >= 0.3 is 0 Å². The molecule has 34 heavy (non-hydrogen) atoms. The Balaban J connectivity index is 2.24. The van der Waals surface area contributed by atoms with E-state index >= 15 is 0 Å². The maximum absolute atomic E-state index is 13.6. The molecule has 0 saturated heterocycles. The molecular weight excluding hydrogens is 545 g/mol. The first-order valence-electron chi connectivity index (χ1n) is 11.1. The number of hydrogen-bond donors (Lipinski definition) is 1. The van der Waals surface area contributed by atoms with Crippen LogP contribution in [0, 0.1) is 32.7 Å². The largest absolute Gasteiger partial charge is 0.490 e. The highest BCUT2D eigenvalue weighted by molar-refractivity contribution is 14.1. The van der Waals surface area contributed by atoms with Crippen molar-refractivity contribution in [2.24, 2.45) is 11.1 Å². The fourth-order valence-electron chi connectivity index (χ4n) is 4.62. The highest BCUT2D eigenvalue weighted by Gasteiger charge is 2.44. The fraction of sp³-hybridized carbons (Fsp3) is 0.462. The van der Waals surface area contributed by atoms with Gasteiger partial charge in [0.25, 0.3) is 0 Å². The van der Waals surface area contributed by atoms with Crippen LogP contribution >= 0.6 is 22.6 Å². The summed E-state index contributed by atoms with van der Waals surface area (Å²) in [5, 5.41) is 10.2. The number of rotatable bonds is 8. The molecule has 7 nitrogen and oxygen atoms in total. The number of methoxy groups -OCH3 is 1. The molecule has 1 aromatic rings. The number of benzene rings is 1. The first-order valence-corrected chi connectivity index (χ1v) is 12.2. The van der Waals surface area contributed by atoms with Crippen molar-refractivity contribution in [1.29, 1.82) is 5.26 Å². The summed E-state index contributed by atoms with van der Waals surface area (Å²) in [7, 11) is 1.62. The number of carbonyl (C=O) groups is 1. The molecule has 0 bridgehead atoms. The SMILES string of the molecule is C#CCOc1c(I)cc([C@@H]2C(C#N)=C(N)N(CCOC)C3=C2C(=O)CC(C)(C)C3)cc1OCC. The smallest absolute Gasteiger partial charge is 0.175 e. The van der Waals surface area contributed by atoms with Crippen molar-refractivity contribution < 1.29 is 19.0 Å². The normalized spacial score (nSPS) is 19.4. The maximum Gasteiger partial charge on any atom is 0.175 e. The number of hydrogen-bond acceptors (Lipinski definition) is 7. The van der Waals surface area contributed by atoms with E-state index in [0.717, 1.165) is 14.8 Å². The Morgan fingerprint density at radius 1 is 1.32 bits per heavy atom. The average molecular weight is 575 g/mol. The number of carbonyl (C=O) groups excluding carboxylic acids is 1. The molecule has 1 atom stereocenters. The topological polar surface area (TPSA) is 97.8 Å². The number of nitriles is 1. The molecule has 0 fully saturated rings. The highest BCUT2D eigenvalue weighted by atomic mass is 127. The van der Waals surface area contributed by atoms with Crippen LogP contribution in [0.5, 0.6) is 11.5 Å². The third-order valence-electron chi connectivity index (χ3n) is 5.97. The van der Waals surface area contributed by atoms with Crippen LogP contribution in [0.15, 0.2) is 34.8 Å². The van der Waals surface area contributed by atoms with Crippen molar-refractivity contribution in [2.75, 3.05) is 33.5 Å². The van der Waals surface area contributed by atoms with E-state index in [-0.39, 0.29) is 17.8 Å². The second-order valence-corrected chi connectivity index (χ2v) is 10.2. The summed E-state index contributed by atoms with van der Waals surface area (Å²) in [5.74, 6) is 3.33. The Labute approximate surface area is 215 Å². The lowest BCUT2D eigenvalue weighted by molar-refractivity contribution is -0.118. The molecule has 1 heterocycles. The first-order chi connectivity index (χ1) is 16.2. The molecular formula is C26H30IN3O4. The zero-order chi connectivity index (χ0) is 25.0. The number of nitrogens with two attached hydrogens (primary N) is 1. The Hall–Kier alpha value is -2.69. The summed E-state index contributed by atoms with van der Waals surface area (Å²) in [6.45, 7) is 7.44. The van der Waals surface area contributed by atoms with E-state index in [4.69, 9.17) is 26.4 Å². The van der Waals surface area contributed by atoms with Crippen LogP contribution in [0.3, 0.4) is 0 Å². The van der Waals surface area contributed by atoms with Crippen LogP contribution in [0.1, 0.15) is 45.1 Å². The second kappa shape index (κ2) is 10.7. The summed E-state index contributed by atoms with van der Waals surface area (Å²) >= 11 is 2.16. The number of nitrogens with zero attached hydrogens (tertiary/aromatic N) is 2. The Bertz CT molecular complexity index is 1120. The van der Waals surface area contributed by atoms with Gasteiger partial charge in [-0.2, -0.15) is 5.26 Å². The third kappa shape index (κ3) is 5.03. The molecule has 1 aromatic carbocycles. The maximum atomic E-state index is 13.6. The Morgan fingerprint density at radius 2 is 2.06 bits per heavy atom. The molecule has 180 valence electrons. The summed E-state index contributed by atoms with van der Waals surface area (Å²) in [5.41, 5.74) is 8.95. The van der Waals surface area contributed by atoms with Crippen LogP contribution in [0.25, 0.3) is 0 Å². The summed E-state index contributed by atoms with van der Waals surface area (Å²) in [6, 6.07) is 6.03. The molecule has 8 heteroatoms. The van der Waals surface area contributed by atoms with Gasteiger partial charge in [-0.05, 0) is 59.0 Å². The standard InChI is InChI=1S/C26H30IN3O4/c1-6-9-34-24-18(27)11-16(12-21(24)33-7-2)22-17(15-28)25(29)30(8-10-32-5)19-13-26(3,4)14-20(31)23(19)22/h1,11-12,22H,7-10,13-14,29H2,2-5H3/t22-/m1/s1. The predicted octanol–water partition coefficient (Wildman–Crippen LogP) is 4.08. The van der Waals surface area contributed by atoms with E-state index < -0.39 is 5.92 Å². The van der Waals surface area contributed by atoms with Crippen molar-refractivity contribution in [2.45, 2.75) is 39.5 Å². The van der Waals surface area contributed by atoms with E-state index in [1.165, 1.54) is 0 Å². The lowest BCUT2D eigenvalue weighted by Crippen LogP contribution is -2.43. The van der Waals surface area contributed by atoms with E-state index in [1.54, 1.807) is 7.11 Å². The van der Waals surface area contributed by atoms with Gasteiger partial charge in [0.15, 0.2) is 17.3 Å². The Morgan fingerprint density at radius 3 is 2.68 bits per heavy atom. The van der Waals surface area contributed by atoms with Gasteiger partial charge in [-0.25, -0.2) is 0 Å². The van der Waals surface area contributed by atoms with Gasteiger partial charge in [-0.15, -0.1) is 6.42 Å². The summed E-state index contributed by atoms with van der Waals surface area (Å²) in [6.07, 6.45) is 6.45. The molecule has 0 radical (unpaired) electrons. The van der Waals surface area contributed by atoms with Gasteiger partial charge in [0.1, 0.15) is 12.4 Å². The van der Waals surface area contributed by atoms with Gasteiger partial charge in [-0.1, -0.05) is 19.8 Å². The van der Waals surface area contributed by atoms with Gasteiger partial charge in [-0.3, -0.25) is 4.79 Å². The molecule has 3 rings (SSSR count). The molecule has 0 spiro atoms. The van der Waals surface area contributed by atoms with Crippen molar-refractivity contribution in [3.63, 3.8) is 0 Å². The second-order valence-electron chi connectivity index (χ2n) is 9.05. The van der Waals surface area contributed by atoms with Gasteiger partial charge < -0.3 is 24.8 Å². The number of Topliss-reactive ketones (excluding diaryl/α,β-unsaturated/α-hetero) is 1. The van der Waals surface area contributed by atoms with E-state index in [0.29, 0.717) is 61.1 Å². The molecule has 1 aliphatic carbocycles. The number of ether oxygens (including phenoxy) is 3. The molecule has 1 aliphatic heterocycles. The van der Waals surface area contributed by atoms with Crippen molar-refractivity contribution >= 4 is 28.4 Å². The van der Waals surface area contributed by atoms with Crippen LogP contribution in [0.4, 0.5) is 0 Å². The fourth-order valence-corrected chi connectivity index (χ4v) is 5.40. The minimum atomic E-state index is -0.586. The lowest BCUT2D eigenvalue weighted by atomic mass is 9.68. The highest BCUT2D eigenvalue weighted by Crippen LogP contribution is 2.50. The summed E-state index contributed by atoms with van der Waals surface area (Å²) in [4.78, 5) is 15.4. The average Bonchev–Trinajstić information content (AvgIpc) is 2.76. The Kier molecular flexibility index (Phi) is 8.17. The first kappa shape index (κ1) is 25.9. The van der Waals surface area contributed by atoms with Crippen molar-refractivity contribution in [3.05, 3.63) is 43.9 Å². The summed E-state index contributed by atoms with van der Waals surface area (Å²) < 4.78 is 17.6. The van der Waals surface area contributed by atoms with Crippen LogP contribution in [-0.4, -0.2) is 44.2 Å². The third-order valence-corrected chi connectivity index (χ3v) is 6.77. The molecule has 0 saturated carbocycles. The van der Waals surface area contributed by atoms with Gasteiger partial charge in [0.05, 0.1) is 34.3 Å². The zero-order valence-electron chi connectivity index (χ0n) is 20.0. The quantitative estimate of drug-likeness (QED) is 0.369. The number of halogens is 1.